The average molecular weight is 340 g/mol. The van der Waals surface area contributed by atoms with Crippen molar-refractivity contribution < 1.29 is 18.7 Å². The maximum Gasteiger partial charge on any atom is 0.310 e. The van der Waals surface area contributed by atoms with E-state index in [1.807, 2.05) is 42.5 Å². The van der Waals surface area contributed by atoms with Gasteiger partial charge >= 0.3 is 5.97 Å². The second kappa shape index (κ2) is 8.58. The number of carbonyl (C=O) groups is 1. The van der Waals surface area contributed by atoms with Crippen LogP contribution in [0, 0.1) is 11.7 Å². The second-order valence-electron chi connectivity index (χ2n) is 6.12. The molecule has 0 unspecified atom stereocenters. The molecule has 1 fully saturated rings. The zero-order chi connectivity index (χ0) is 17.5. The van der Waals surface area contributed by atoms with Crippen LogP contribution in [0.4, 0.5) is 4.39 Å². The Labute approximate surface area is 147 Å². The van der Waals surface area contributed by atoms with E-state index in [-0.39, 0.29) is 23.8 Å². The Kier molecular flexibility index (Phi) is 5.96. The van der Waals surface area contributed by atoms with Gasteiger partial charge in [0.2, 0.25) is 0 Å². The highest BCUT2D eigenvalue weighted by atomic mass is 19.1. The Morgan fingerprint density at radius 1 is 1.08 bits per heavy atom. The number of hydrogen-bond acceptors (Lipinski definition) is 3. The summed E-state index contributed by atoms with van der Waals surface area (Å²) in [6, 6.07) is 16.1. The molecule has 2 aromatic rings. The van der Waals surface area contributed by atoms with Crippen LogP contribution >= 0.6 is 0 Å². The summed E-state index contributed by atoms with van der Waals surface area (Å²) in [5.41, 5.74) is 1.98. The van der Waals surface area contributed by atoms with Crippen LogP contribution in [0.25, 0.3) is 0 Å². The Bertz CT molecular complexity index is 710. The number of allylic oxidation sites excluding steroid dienone is 1. The highest BCUT2D eigenvalue weighted by Gasteiger charge is 2.34. The van der Waals surface area contributed by atoms with Gasteiger partial charge < -0.3 is 9.47 Å². The van der Waals surface area contributed by atoms with Gasteiger partial charge in [-0.2, -0.15) is 0 Å². The largest absolute Gasteiger partial charge is 0.457 e. The van der Waals surface area contributed by atoms with E-state index in [0.29, 0.717) is 26.1 Å². The fourth-order valence-corrected chi connectivity index (χ4v) is 2.86. The minimum Gasteiger partial charge on any atom is -0.457 e. The van der Waals surface area contributed by atoms with E-state index < -0.39 is 0 Å². The summed E-state index contributed by atoms with van der Waals surface area (Å²) < 4.78 is 24.0. The minimum atomic E-state index is -0.289. The van der Waals surface area contributed by atoms with Crippen molar-refractivity contribution in [1.29, 1.82) is 0 Å². The molecule has 0 saturated carbocycles. The van der Waals surface area contributed by atoms with Crippen molar-refractivity contribution in [3.05, 3.63) is 83.7 Å². The van der Waals surface area contributed by atoms with Gasteiger partial charge in [0.25, 0.3) is 0 Å². The lowest BCUT2D eigenvalue weighted by molar-refractivity contribution is -0.144. The summed E-state index contributed by atoms with van der Waals surface area (Å²) in [5.74, 6) is -0.632. The summed E-state index contributed by atoms with van der Waals surface area (Å²) in [4.78, 5) is 12.0. The first-order chi connectivity index (χ1) is 12.2. The van der Waals surface area contributed by atoms with Crippen LogP contribution in [-0.2, 0) is 20.9 Å². The lowest BCUT2D eigenvalue weighted by Crippen LogP contribution is -2.06. The van der Waals surface area contributed by atoms with Gasteiger partial charge in [-0.3, -0.25) is 4.79 Å². The van der Waals surface area contributed by atoms with E-state index in [9.17, 15) is 9.18 Å². The van der Waals surface area contributed by atoms with Crippen molar-refractivity contribution in [3.63, 3.8) is 0 Å². The minimum absolute atomic E-state index is 0.152. The standard InChI is InChI=1S/C21H21FO3/c22-19-11-9-17(10-12-19)20-14-18(21(23)25-20)8-4-5-13-24-15-16-6-2-1-3-7-16/h1-7,9-12,18,20H,8,13-15H2/b5-4+/t18-,20+/m0/s1. The van der Waals surface area contributed by atoms with Gasteiger partial charge in [0.1, 0.15) is 11.9 Å². The summed E-state index contributed by atoms with van der Waals surface area (Å²) in [7, 11) is 0. The van der Waals surface area contributed by atoms with Crippen LogP contribution < -0.4 is 0 Å². The van der Waals surface area contributed by atoms with Crippen LogP contribution in [0.1, 0.15) is 30.1 Å². The molecule has 3 rings (SSSR count). The Hall–Kier alpha value is -2.46. The molecule has 3 nitrogen and oxygen atoms in total. The van der Waals surface area contributed by atoms with Gasteiger partial charge in [-0.25, -0.2) is 4.39 Å². The molecular weight excluding hydrogens is 319 g/mol. The molecule has 0 bridgehead atoms. The first kappa shape index (κ1) is 17.4. The normalized spacial score (nSPS) is 20.1. The molecule has 0 N–H and O–H groups in total. The number of hydrogen-bond donors (Lipinski definition) is 0. The number of halogens is 1. The third kappa shape index (κ3) is 5.00. The molecule has 1 saturated heterocycles. The molecule has 2 aromatic carbocycles. The average Bonchev–Trinajstić information content (AvgIpc) is 3.00. The van der Waals surface area contributed by atoms with E-state index in [4.69, 9.17) is 9.47 Å². The van der Waals surface area contributed by atoms with Crippen molar-refractivity contribution in [2.24, 2.45) is 5.92 Å². The molecule has 0 radical (unpaired) electrons. The Morgan fingerprint density at radius 2 is 1.84 bits per heavy atom. The zero-order valence-corrected chi connectivity index (χ0v) is 13.9. The number of carbonyl (C=O) groups excluding carboxylic acids is 1. The molecule has 1 heterocycles. The van der Waals surface area contributed by atoms with Crippen LogP contribution in [0.5, 0.6) is 0 Å². The topological polar surface area (TPSA) is 35.5 Å². The predicted molar refractivity (Wildman–Crippen MR) is 93.2 cm³/mol. The van der Waals surface area contributed by atoms with Crippen LogP contribution in [0.3, 0.4) is 0 Å². The third-order valence-electron chi connectivity index (χ3n) is 4.25. The maximum atomic E-state index is 13.0. The lowest BCUT2D eigenvalue weighted by atomic mass is 9.97. The summed E-state index contributed by atoms with van der Waals surface area (Å²) in [6.45, 7) is 1.08. The van der Waals surface area contributed by atoms with Crippen molar-refractivity contribution in [2.75, 3.05) is 6.61 Å². The third-order valence-corrected chi connectivity index (χ3v) is 4.25. The van der Waals surface area contributed by atoms with E-state index in [1.165, 1.54) is 12.1 Å². The van der Waals surface area contributed by atoms with Gasteiger partial charge in [-0.15, -0.1) is 0 Å². The maximum absolute atomic E-state index is 13.0. The van der Waals surface area contributed by atoms with E-state index >= 15 is 0 Å². The van der Waals surface area contributed by atoms with E-state index in [0.717, 1.165) is 11.1 Å². The Balaban J connectivity index is 1.41. The van der Waals surface area contributed by atoms with Crippen molar-refractivity contribution in [1.82, 2.24) is 0 Å². The molecular formula is C21H21FO3. The van der Waals surface area contributed by atoms with Crippen molar-refractivity contribution in [2.45, 2.75) is 25.6 Å². The van der Waals surface area contributed by atoms with Crippen molar-refractivity contribution >= 4 is 5.97 Å². The molecule has 4 heteroatoms. The predicted octanol–water partition coefficient (Wildman–Crippen LogP) is 4.59. The van der Waals surface area contributed by atoms with Gasteiger partial charge in [-0.05, 0) is 29.7 Å². The second-order valence-corrected chi connectivity index (χ2v) is 6.12. The van der Waals surface area contributed by atoms with Gasteiger partial charge in [0.05, 0.1) is 19.1 Å². The van der Waals surface area contributed by atoms with Gasteiger partial charge in [0.15, 0.2) is 0 Å². The van der Waals surface area contributed by atoms with Crippen LogP contribution in [-0.4, -0.2) is 12.6 Å². The molecule has 1 aliphatic rings. The smallest absolute Gasteiger partial charge is 0.310 e. The number of cyclic esters (lactones) is 1. The number of ether oxygens (including phenoxy) is 2. The lowest BCUT2D eigenvalue weighted by Gasteiger charge is -2.08. The first-order valence-corrected chi connectivity index (χ1v) is 8.45. The Morgan fingerprint density at radius 3 is 2.60 bits per heavy atom. The summed E-state index contributed by atoms with van der Waals surface area (Å²) >= 11 is 0. The SMILES string of the molecule is O=C1O[C@@H](c2ccc(F)cc2)C[C@@H]1C/C=C/COCc1ccccc1. The number of esters is 1. The summed E-state index contributed by atoms with van der Waals surface area (Å²) in [5, 5.41) is 0. The van der Waals surface area contributed by atoms with Gasteiger partial charge in [-0.1, -0.05) is 54.6 Å². The van der Waals surface area contributed by atoms with Crippen molar-refractivity contribution in [3.8, 4) is 0 Å². The highest BCUT2D eigenvalue weighted by molar-refractivity contribution is 5.75. The molecule has 0 aromatic heterocycles. The van der Waals surface area contributed by atoms with Gasteiger partial charge in [0, 0.05) is 6.42 Å². The van der Waals surface area contributed by atoms with E-state index in [1.54, 1.807) is 12.1 Å². The monoisotopic (exact) mass is 340 g/mol. The molecule has 0 amide bonds. The fraction of sp³-hybridized carbons (Fsp3) is 0.286. The van der Waals surface area contributed by atoms with Crippen LogP contribution in [0.15, 0.2) is 66.7 Å². The molecule has 2 atom stereocenters. The first-order valence-electron chi connectivity index (χ1n) is 8.45. The molecule has 1 aliphatic heterocycles. The molecule has 0 spiro atoms. The quantitative estimate of drug-likeness (QED) is 0.420. The van der Waals surface area contributed by atoms with E-state index in [2.05, 4.69) is 0 Å². The number of rotatable bonds is 7. The molecule has 130 valence electrons. The fourth-order valence-electron chi connectivity index (χ4n) is 2.86. The highest BCUT2D eigenvalue weighted by Crippen LogP contribution is 2.35. The summed E-state index contributed by atoms with van der Waals surface area (Å²) in [6.07, 6.45) is 4.87. The molecule has 0 aliphatic carbocycles. The number of benzene rings is 2. The van der Waals surface area contributed by atoms with Crippen LogP contribution in [0.2, 0.25) is 0 Å². The zero-order valence-electron chi connectivity index (χ0n) is 13.9. The molecule has 25 heavy (non-hydrogen) atoms.